The van der Waals surface area contributed by atoms with E-state index in [9.17, 15) is 9.59 Å². The molecule has 0 atom stereocenters. The van der Waals surface area contributed by atoms with E-state index in [4.69, 9.17) is 5.11 Å². The number of hydrogen-bond donors (Lipinski definition) is 3. The van der Waals surface area contributed by atoms with Gasteiger partial charge in [0.25, 0.3) is 0 Å². The standard InChI is InChI=1S/C11H18N4O3/c1-3-8(4-2)13-11(18)14-9-5-12-15(6-9)7-10(16)17/h5-6,8H,3-4,7H2,1-2H3,(H,16,17)(H2,13,14,18). The lowest BCUT2D eigenvalue weighted by atomic mass is 10.2. The summed E-state index contributed by atoms with van der Waals surface area (Å²) in [5.41, 5.74) is 0.472. The molecule has 0 fully saturated rings. The van der Waals surface area contributed by atoms with Gasteiger partial charge in [0.1, 0.15) is 6.54 Å². The zero-order valence-corrected chi connectivity index (χ0v) is 10.5. The molecule has 0 spiro atoms. The van der Waals surface area contributed by atoms with E-state index < -0.39 is 5.97 Å². The first kappa shape index (κ1) is 14.0. The van der Waals surface area contributed by atoms with Crippen molar-refractivity contribution in [3.05, 3.63) is 12.4 Å². The Kier molecular flexibility index (Phi) is 5.16. The summed E-state index contributed by atoms with van der Waals surface area (Å²) >= 11 is 0. The summed E-state index contributed by atoms with van der Waals surface area (Å²) in [6.07, 6.45) is 4.61. The molecule has 3 N–H and O–H groups in total. The summed E-state index contributed by atoms with van der Waals surface area (Å²) < 4.78 is 1.25. The number of carboxylic acid groups (broad SMARTS) is 1. The average molecular weight is 254 g/mol. The van der Waals surface area contributed by atoms with Crippen molar-refractivity contribution in [1.82, 2.24) is 15.1 Å². The number of amides is 2. The molecule has 0 saturated heterocycles. The molecule has 1 rings (SSSR count). The molecule has 0 saturated carbocycles. The van der Waals surface area contributed by atoms with Crippen LogP contribution in [0.5, 0.6) is 0 Å². The molecule has 1 aromatic heterocycles. The zero-order chi connectivity index (χ0) is 13.5. The number of carbonyl (C=O) groups is 2. The van der Waals surface area contributed by atoms with Gasteiger partial charge in [-0.05, 0) is 12.8 Å². The summed E-state index contributed by atoms with van der Waals surface area (Å²) in [6, 6.07) is -0.169. The maximum atomic E-state index is 11.6. The Morgan fingerprint density at radius 1 is 1.44 bits per heavy atom. The highest BCUT2D eigenvalue weighted by Gasteiger charge is 2.09. The lowest BCUT2D eigenvalue weighted by Crippen LogP contribution is -2.37. The van der Waals surface area contributed by atoms with Crippen LogP contribution >= 0.6 is 0 Å². The van der Waals surface area contributed by atoms with Crippen LogP contribution in [0.15, 0.2) is 12.4 Å². The molecule has 0 aliphatic heterocycles. The highest BCUT2D eigenvalue weighted by Crippen LogP contribution is 2.05. The Bertz CT molecular complexity index is 412. The highest BCUT2D eigenvalue weighted by atomic mass is 16.4. The number of aliphatic carboxylic acids is 1. The van der Waals surface area contributed by atoms with Crippen LogP contribution in [-0.2, 0) is 11.3 Å². The number of urea groups is 1. The molecular weight excluding hydrogens is 236 g/mol. The van der Waals surface area contributed by atoms with E-state index in [1.54, 1.807) is 0 Å². The molecule has 1 aromatic rings. The van der Waals surface area contributed by atoms with Crippen molar-refractivity contribution in [2.75, 3.05) is 5.32 Å². The Morgan fingerprint density at radius 2 is 2.11 bits per heavy atom. The van der Waals surface area contributed by atoms with Gasteiger partial charge in [-0.25, -0.2) is 4.79 Å². The molecule has 0 aliphatic rings. The third-order valence-electron chi connectivity index (χ3n) is 2.51. The second kappa shape index (κ2) is 6.63. The highest BCUT2D eigenvalue weighted by molar-refractivity contribution is 5.89. The van der Waals surface area contributed by atoms with Crippen LogP contribution in [0.25, 0.3) is 0 Å². The molecule has 0 aromatic carbocycles. The topological polar surface area (TPSA) is 96.3 Å². The van der Waals surface area contributed by atoms with Crippen LogP contribution in [0, 0.1) is 0 Å². The molecule has 18 heavy (non-hydrogen) atoms. The lowest BCUT2D eigenvalue weighted by molar-refractivity contribution is -0.137. The Hall–Kier alpha value is -2.05. The van der Waals surface area contributed by atoms with Crippen LogP contribution in [0.1, 0.15) is 26.7 Å². The minimum atomic E-state index is -0.980. The Labute approximate surface area is 105 Å². The van der Waals surface area contributed by atoms with Crippen molar-refractivity contribution in [2.45, 2.75) is 39.3 Å². The summed E-state index contributed by atoms with van der Waals surface area (Å²) in [7, 11) is 0. The number of nitrogens with zero attached hydrogens (tertiary/aromatic N) is 2. The number of nitrogens with one attached hydrogen (secondary N) is 2. The maximum Gasteiger partial charge on any atom is 0.325 e. The van der Waals surface area contributed by atoms with Gasteiger partial charge >= 0.3 is 12.0 Å². The number of carbonyl (C=O) groups excluding carboxylic acids is 1. The van der Waals surface area contributed by atoms with Gasteiger partial charge in [-0.1, -0.05) is 13.8 Å². The number of carboxylic acids is 1. The summed E-state index contributed by atoms with van der Waals surface area (Å²) in [6.45, 7) is 3.77. The van der Waals surface area contributed by atoms with Crippen LogP contribution < -0.4 is 10.6 Å². The second-order valence-corrected chi connectivity index (χ2v) is 3.93. The van der Waals surface area contributed by atoms with E-state index in [0.717, 1.165) is 12.8 Å². The minimum absolute atomic E-state index is 0.138. The minimum Gasteiger partial charge on any atom is -0.480 e. The maximum absolute atomic E-state index is 11.6. The monoisotopic (exact) mass is 254 g/mol. The van der Waals surface area contributed by atoms with E-state index >= 15 is 0 Å². The van der Waals surface area contributed by atoms with Crippen molar-refractivity contribution < 1.29 is 14.7 Å². The number of aromatic nitrogens is 2. The number of hydrogen-bond acceptors (Lipinski definition) is 3. The van der Waals surface area contributed by atoms with Gasteiger partial charge in [0, 0.05) is 12.2 Å². The second-order valence-electron chi connectivity index (χ2n) is 3.93. The fourth-order valence-electron chi connectivity index (χ4n) is 1.50. The smallest absolute Gasteiger partial charge is 0.325 e. The van der Waals surface area contributed by atoms with Gasteiger partial charge in [0.2, 0.25) is 0 Å². The first-order valence-corrected chi connectivity index (χ1v) is 5.86. The van der Waals surface area contributed by atoms with Crippen LogP contribution in [-0.4, -0.2) is 32.9 Å². The predicted octanol–water partition coefficient (Wildman–Crippen LogP) is 1.28. The van der Waals surface area contributed by atoms with E-state index in [1.807, 2.05) is 13.8 Å². The van der Waals surface area contributed by atoms with Crippen LogP contribution in [0.2, 0.25) is 0 Å². The van der Waals surface area contributed by atoms with Gasteiger partial charge in [0.15, 0.2) is 0 Å². The summed E-state index contributed by atoms with van der Waals surface area (Å²) in [5, 5.41) is 17.8. The summed E-state index contributed by atoms with van der Waals surface area (Å²) in [4.78, 5) is 22.1. The number of rotatable bonds is 6. The molecular formula is C11H18N4O3. The van der Waals surface area contributed by atoms with Crippen molar-refractivity contribution in [3.8, 4) is 0 Å². The first-order chi connectivity index (χ1) is 8.55. The van der Waals surface area contributed by atoms with Crippen LogP contribution in [0.4, 0.5) is 10.5 Å². The van der Waals surface area contributed by atoms with E-state index in [2.05, 4.69) is 15.7 Å². The fourth-order valence-corrected chi connectivity index (χ4v) is 1.50. The fraction of sp³-hybridized carbons (Fsp3) is 0.545. The molecule has 7 nitrogen and oxygen atoms in total. The van der Waals surface area contributed by atoms with Crippen molar-refractivity contribution in [1.29, 1.82) is 0 Å². The zero-order valence-electron chi connectivity index (χ0n) is 10.5. The number of anilines is 1. The van der Waals surface area contributed by atoms with Gasteiger partial charge in [-0.3, -0.25) is 9.48 Å². The molecule has 1 heterocycles. The molecule has 0 aliphatic carbocycles. The van der Waals surface area contributed by atoms with E-state index in [-0.39, 0.29) is 18.6 Å². The van der Waals surface area contributed by atoms with Gasteiger partial charge in [-0.15, -0.1) is 0 Å². The molecule has 7 heteroatoms. The largest absolute Gasteiger partial charge is 0.480 e. The third-order valence-corrected chi connectivity index (χ3v) is 2.51. The molecule has 100 valence electrons. The summed E-state index contributed by atoms with van der Waals surface area (Å²) in [5.74, 6) is -0.980. The van der Waals surface area contributed by atoms with Crippen LogP contribution in [0.3, 0.4) is 0 Å². The quantitative estimate of drug-likeness (QED) is 0.712. The normalized spacial score (nSPS) is 10.4. The van der Waals surface area contributed by atoms with Gasteiger partial charge in [-0.2, -0.15) is 5.10 Å². The lowest BCUT2D eigenvalue weighted by Gasteiger charge is -2.14. The SMILES string of the molecule is CCC(CC)NC(=O)Nc1cnn(CC(=O)O)c1. The van der Waals surface area contributed by atoms with Crippen molar-refractivity contribution in [3.63, 3.8) is 0 Å². The van der Waals surface area contributed by atoms with Gasteiger partial charge in [0.05, 0.1) is 11.9 Å². The average Bonchev–Trinajstić information content (AvgIpc) is 2.72. The van der Waals surface area contributed by atoms with Crippen molar-refractivity contribution in [2.24, 2.45) is 0 Å². The third kappa shape index (κ3) is 4.44. The Balaban J connectivity index is 2.49. The van der Waals surface area contributed by atoms with E-state index in [1.165, 1.54) is 17.1 Å². The first-order valence-electron chi connectivity index (χ1n) is 5.86. The van der Waals surface area contributed by atoms with Gasteiger partial charge < -0.3 is 15.7 Å². The molecule has 0 unspecified atom stereocenters. The van der Waals surface area contributed by atoms with E-state index in [0.29, 0.717) is 5.69 Å². The molecule has 2 amide bonds. The molecule has 0 bridgehead atoms. The van der Waals surface area contributed by atoms with Crippen molar-refractivity contribution >= 4 is 17.7 Å². The predicted molar refractivity (Wildman–Crippen MR) is 66.4 cm³/mol. The molecule has 0 radical (unpaired) electrons. The Morgan fingerprint density at radius 3 is 2.67 bits per heavy atom.